The van der Waals surface area contributed by atoms with Crippen molar-refractivity contribution in [3.63, 3.8) is 0 Å². The van der Waals surface area contributed by atoms with E-state index in [9.17, 15) is 4.79 Å². The highest BCUT2D eigenvalue weighted by molar-refractivity contribution is 5.87. The molecule has 4 nitrogen and oxygen atoms in total. The first-order valence-electron chi connectivity index (χ1n) is 5.16. The summed E-state index contributed by atoms with van der Waals surface area (Å²) in [6.07, 6.45) is 4.09. The van der Waals surface area contributed by atoms with Crippen molar-refractivity contribution in [2.45, 2.75) is 32.2 Å². The molecule has 15 heavy (non-hydrogen) atoms. The summed E-state index contributed by atoms with van der Waals surface area (Å²) >= 11 is 0. The number of carbonyl (C=O) groups is 1. The van der Waals surface area contributed by atoms with Gasteiger partial charge < -0.3 is 5.32 Å². The minimum Gasteiger partial charge on any atom is -0.349 e. The zero-order valence-corrected chi connectivity index (χ0v) is 8.84. The molecule has 1 aliphatic carbocycles. The average molecular weight is 205 g/mol. The van der Waals surface area contributed by atoms with Crippen molar-refractivity contribution < 1.29 is 4.79 Å². The third-order valence-electron chi connectivity index (χ3n) is 2.87. The van der Waals surface area contributed by atoms with E-state index in [1.807, 2.05) is 6.92 Å². The molecule has 1 aromatic rings. The Bertz CT molecular complexity index is 395. The number of fused-ring (bicyclic) bond motifs is 1. The fourth-order valence-electron chi connectivity index (χ4n) is 2.04. The van der Waals surface area contributed by atoms with E-state index in [0.29, 0.717) is 0 Å². The Labute approximate surface area is 88.8 Å². The van der Waals surface area contributed by atoms with Gasteiger partial charge in [0.1, 0.15) is 0 Å². The summed E-state index contributed by atoms with van der Waals surface area (Å²) in [5.74, 6) is -0.101. The third-order valence-corrected chi connectivity index (χ3v) is 2.87. The van der Waals surface area contributed by atoms with E-state index in [0.717, 1.165) is 30.7 Å². The molecular weight excluding hydrogens is 190 g/mol. The van der Waals surface area contributed by atoms with Gasteiger partial charge in [-0.25, -0.2) is 0 Å². The van der Waals surface area contributed by atoms with Gasteiger partial charge in [0.15, 0.2) is 0 Å². The van der Waals surface area contributed by atoms with Crippen LogP contribution in [0, 0.1) is 6.92 Å². The number of hydrogen-bond acceptors (Lipinski definition) is 2. The second kappa shape index (κ2) is 3.88. The Morgan fingerprint density at radius 3 is 3.27 bits per heavy atom. The van der Waals surface area contributed by atoms with Crippen molar-refractivity contribution in [2.75, 3.05) is 0 Å². The van der Waals surface area contributed by atoms with Crippen LogP contribution in [0.3, 0.4) is 0 Å². The molecule has 0 fully saturated rings. The Balaban J connectivity index is 2.06. The van der Waals surface area contributed by atoms with Crippen molar-refractivity contribution >= 4 is 5.91 Å². The monoisotopic (exact) mass is 205 g/mol. The second-order valence-corrected chi connectivity index (χ2v) is 3.93. The van der Waals surface area contributed by atoms with Crippen molar-refractivity contribution in [3.8, 4) is 0 Å². The van der Waals surface area contributed by atoms with Crippen molar-refractivity contribution in [3.05, 3.63) is 29.6 Å². The van der Waals surface area contributed by atoms with Crippen LogP contribution in [0.15, 0.2) is 12.7 Å². The first kappa shape index (κ1) is 9.96. The summed E-state index contributed by atoms with van der Waals surface area (Å²) < 4.78 is 0. The lowest BCUT2D eigenvalue weighted by molar-refractivity contribution is -0.117. The number of aromatic amines is 1. The quantitative estimate of drug-likeness (QED) is 0.704. The van der Waals surface area contributed by atoms with Crippen LogP contribution in [0.4, 0.5) is 0 Å². The number of hydrogen-bond donors (Lipinski definition) is 2. The van der Waals surface area contributed by atoms with Gasteiger partial charge in [0.2, 0.25) is 5.91 Å². The van der Waals surface area contributed by atoms with Crippen LogP contribution in [-0.4, -0.2) is 22.1 Å². The van der Waals surface area contributed by atoms with Crippen LogP contribution in [0.1, 0.15) is 23.4 Å². The Hall–Kier alpha value is -1.58. The van der Waals surface area contributed by atoms with E-state index < -0.39 is 0 Å². The molecule has 4 heteroatoms. The van der Waals surface area contributed by atoms with Gasteiger partial charge in [0.25, 0.3) is 0 Å². The molecule has 0 radical (unpaired) electrons. The highest BCUT2D eigenvalue weighted by atomic mass is 16.1. The van der Waals surface area contributed by atoms with E-state index in [-0.39, 0.29) is 11.9 Å². The van der Waals surface area contributed by atoms with Crippen LogP contribution in [0.25, 0.3) is 0 Å². The predicted molar refractivity (Wildman–Crippen MR) is 57.5 cm³/mol. The number of rotatable bonds is 2. The van der Waals surface area contributed by atoms with E-state index in [1.165, 1.54) is 11.6 Å². The summed E-state index contributed by atoms with van der Waals surface area (Å²) in [5, 5.41) is 10.1. The number of nitrogens with one attached hydrogen (secondary N) is 2. The first-order valence-corrected chi connectivity index (χ1v) is 5.16. The van der Waals surface area contributed by atoms with Gasteiger partial charge in [-0.1, -0.05) is 6.58 Å². The van der Waals surface area contributed by atoms with E-state index in [4.69, 9.17) is 0 Å². The molecular formula is C11H15N3O. The van der Waals surface area contributed by atoms with Gasteiger partial charge in [-0.2, -0.15) is 5.10 Å². The minimum absolute atomic E-state index is 0.101. The summed E-state index contributed by atoms with van der Waals surface area (Å²) in [5.41, 5.74) is 3.56. The zero-order valence-electron chi connectivity index (χ0n) is 8.84. The summed E-state index contributed by atoms with van der Waals surface area (Å²) in [6.45, 7) is 5.48. The van der Waals surface area contributed by atoms with E-state index in [1.54, 1.807) is 0 Å². The maximum Gasteiger partial charge on any atom is 0.243 e. The number of amides is 1. The molecule has 0 spiro atoms. The molecule has 1 amide bonds. The number of H-pyrrole nitrogens is 1. The van der Waals surface area contributed by atoms with Crippen LogP contribution in [0.2, 0.25) is 0 Å². The maximum absolute atomic E-state index is 11.1. The number of aryl methyl sites for hydroxylation is 1. The molecule has 1 unspecified atom stereocenters. The van der Waals surface area contributed by atoms with Crippen LogP contribution in [-0.2, 0) is 17.6 Å². The molecule has 0 aliphatic heterocycles. The number of aromatic nitrogens is 2. The van der Waals surface area contributed by atoms with Crippen LogP contribution < -0.4 is 5.32 Å². The van der Waals surface area contributed by atoms with Crippen LogP contribution >= 0.6 is 0 Å². The number of carbonyl (C=O) groups excluding carboxylic acids is 1. The smallest absolute Gasteiger partial charge is 0.243 e. The van der Waals surface area contributed by atoms with Gasteiger partial charge in [-0.05, 0) is 31.4 Å². The van der Waals surface area contributed by atoms with Crippen molar-refractivity contribution in [2.24, 2.45) is 0 Å². The highest BCUT2D eigenvalue weighted by Gasteiger charge is 2.22. The Morgan fingerprint density at radius 1 is 1.73 bits per heavy atom. The SMILES string of the molecule is C=CC(=O)NC1CCc2c(n[nH]c2C)C1. The molecule has 1 aliphatic rings. The molecule has 0 bridgehead atoms. The molecule has 0 saturated carbocycles. The molecule has 2 rings (SSSR count). The average Bonchev–Trinajstić information content (AvgIpc) is 2.60. The predicted octanol–water partition coefficient (Wildman–Crippen LogP) is 0.878. The molecule has 80 valence electrons. The summed E-state index contributed by atoms with van der Waals surface area (Å²) in [7, 11) is 0. The standard InChI is InChI=1S/C11H15N3O/c1-3-11(15)12-8-4-5-9-7(2)13-14-10(9)6-8/h3,8H,1,4-6H2,2H3,(H,12,15)(H,13,14). The van der Waals surface area contributed by atoms with E-state index >= 15 is 0 Å². The fraction of sp³-hybridized carbons (Fsp3) is 0.455. The second-order valence-electron chi connectivity index (χ2n) is 3.93. The Kier molecular flexibility index (Phi) is 2.58. The van der Waals surface area contributed by atoms with Gasteiger partial charge in [0, 0.05) is 18.2 Å². The Morgan fingerprint density at radius 2 is 2.53 bits per heavy atom. The normalized spacial score (nSPS) is 19.4. The maximum atomic E-state index is 11.1. The lowest BCUT2D eigenvalue weighted by Gasteiger charge is -2.22. The van der Waals surface area contributed by atoms with Crippen molar-refractivity contribution in [1.82, 2.24) is 15.5 Å². The lowest BCUT2D eigenvalue weighted by atomic mass is 9.92. The highest BCUT2D eigenvalue weighted by Crippen LogP contribution is 2.21. The zero-order chi connectivity index (χ0) is 10.8. The fourth-order valence-corrected chi connectivity index (χ4v) is 2.04. The lowest BCUT2D eigenvalue weighted by Crippen LogP contribution is -2.37. The van der Waals surface area contributed by atoms with Crippen molar-refractivity contribution in [1.29, 1.82) is 0 Å². The molecule has 1 aromatic heterocycles. The summed E-state index contributed by atoms with van der Waals surface area (Å²) in [4.78, 5) is 11.1. The molecule has 0 saturated heterocycles. The van der Waals surface area contributed by atoms with Gasteiger partial charge in [-0.3, -0.25) is 9.89 Å². The minimum atomic E-state index is -0.101. The molecule has 0 aromatic carbocycles. The van der Waals surface area contributed by atoms with E-state index in [2.05, 4.69) is 22.1 Å². The third kappa shape index (κ3) is 1.93. The van der Waals surface area contributed by atoms with Crippen LogP contribution in [0.5, 0.6) is 0 Å². The topological polar surface area (TPSA) is 57.8 Å². The van der Waals surface area contributed by atoms with Gasteiger partial charge >= 0.3 is 0 Å². The number of nitrogens with zero attached hydrogens (tertiary/aromatic N) is 1. The largest absolute Gasteiger partial charge is 0.349 e. The van der Waals surface area contributed by atoms with Gasteiger partial charge in [0.05, 0.1) is 5.69 Å². The summed E-state index contributed by atoms with van der Waals surface area (Å²) in [6, 6.07) is 0.200. The first-order chi connectivity index (χ1) is 7.20. The molecule has 2 N–H and O–H groups in total. The molecule has 1 heterocycles. The molecule has 1 atom stereocenters. The van der Waals surface area contributed by atoms with Gasteiger partial charge in [-0.15, -0.1) is 0 Å².